The summed E-state index contributed by atoms with van der Waals surface area (Å²) in [5, 5.41) is 10.0. The van der Waals surface area contributed by atoms with Crippen LogP contribution in [-0.2, 0) is 0 Å². The van der Waals surface area contributed by atoms with Crippen LogP contribution in [-0.4, -0.2) is 35.2 Å². The van der Waals surface area contributed by atoms with Gasteiger partial charge in [-0.2, -0.15) is 0 Å². The van der Waals surface area contributed by atoms with Gasteiger partial charge in [-0.3, -0.25) is 4.90 Å². The molecule has 0 aromatic heterocycles. The van der Waals surface area contributed by atoms with E-state index in [1.54, 1.807) is 18.2 Å². The van der Waals surface area contributed by atoms with E-state index in [9.17, 15) is 0 Å². The minimum atomic E-state index is -0.304. The SMILES string of the molecule is CN(CCO)C(C(N)=S)c1ccc(Cl)cc1Cl. The maximum atomic E-state index is 8.95. The van der Waals surface area contributed by atoms with E-state index in [-0.39, 0.29) is 12.6 Å². The van der Waals surface area contributed by atoms with Crippen LogP contribution >= 0.6 is 35.4 Å². The van der Waals surface area contributed by atoms with Crippen molar-refractivity contribution in [2.75, 3.05) is 20.2 Å². The van der Waals surface area contributed by atoms with Crippen molar-refractivity contribution < 1.29 is 5.11 Å². The lowest BCUT2D eigenvalue weighted by Crippen LogP contribution is -2.36. The highest BCUT2D eigenvalue weighted by atomic mass is 35.5. The van der Waals surface area contributed by atoms with Crippen LogP contribution in [0, 0.1) is 0 Å². The summed E-state index contributed by atoms with van der Waals surface area (Å²) in [7, 11) is 1.82. The fourth-order valence-corrected chi connectivity index (χ4v) is 2.44. The molecule has 17 heavy (non-hydrogen) atoms. The second-order valence-electron chi connectivity index (χ2n) is 3.67. The minimum absolute atomic E-state index is 0.0286. The summed E-state index contributed by atoms with van der Waals surface area (Å²) in [6.45, 7) is 0.488. The average molecular weight is 293 g/mol. The third kappa shape index (κ3) is 3.79. The largest absolute Gasteiger partial charge is 0.395 e. The van der Waals surface area contributed by atoms with Gasteiger partial charge in [-0.05, 0) is 24.7 Å². The molecule has 1 unspecified atom stereocenters. The Morgan fingerprint density at radius 3 is 2.65 bits per heavy atom. The summed E-state index contributed by atoms with van der Waals surface area (Å²) < 4.78 is 0. The number of hydrogen-bond acceptors (Lipinski definition) is 3. The van der Waals surface area contributed by atoms with Crippen LogP contribution in [0.25, 0.3) is 0 Å². The first-order chi connectivity index (χ1) is 7.97. The molecule has 0 bridgehead atoms. The smallest absolute Gasteiger partial charge is 0.0948 e. The first kappa shape index (κ1) is 14.7. The second kappa shape index (κ2) is 6.52. The molecule has 0 saturated heterocycles. The van der Waals surface area contributed by atoms with Crippen LogP contribution in [0.5, 0.6) is 0 Å². The van der Waals surface area contributed by atoms with E-state index in [2.05, 4.69) is 0 Å². The fourth-order valence-electron chi connectivity index (χ4n) is 1.62. The van der Waals surface area contributed by atoms with Crippen LogP contribution in [0.2, 0.25) is 10.0 Å². The van der Waals surface area contributed by atoms with E-state index in [1.807, 2.05) is 11.9 Å². The summed E-state index contributed by atoms with van der Waals surface area (Å²) >= 11 is 17.0. The molecule has 0 radical (unpaired) electrons. The summed E-state index contributed by atoms with van der Waals surface area (Å²) in [6.07, 6.45) is 0. The van der Waals surface area contributed by atoms with E-state index in [0.717, 1.165) is 5.56 Å². The van der Waals surface area contributed by atoms with E-state index >= 15 is 0 Å². The molecule has 1 rings (SSSR count). The Balaban J connectivity index is 3.09. The number of nitrogens with zero attached hydrogens (tertiary/aromatic N) is 1. The van der Waals surface area contributed by atoms with Gasteiger partial charge in [-0.15, -0.1) is 0 Å². The molecule has 1 aromatic carbocycles. The molecular weight excluding hydrogens is 279 g/mol. The van der Waals surface area contributed by atoms with Crippen molar-refractivity contribution in [3.8, 4) is 0 Å². The molecule has 1 aromatic rings. The Morgan fingerprint density at radius 2 is 2.18 bits per heavy atom. The Bertz CT molecular complexity index is 414. The van der Waals surface area contributed by atoms with E-state index in [0.29, 0.717) is 21.6 Å². The topological polar surface area (TPSA) is 49.5 Å². The third-order valence-electron chi connectivity index (χ3n) is 2.42. The predicted molar refractivity (Wildman–Crippen MR) is 75.7 cm³/mol. The van der Waals surface area contributed by atoms with Crippen LogP contribution < -0.4 is 5.73 Å². The van der Waals surface area contributed by atoms with Crippen LogP contribution in [0.4, 0.5) is 0 Å². The van der Waals surface area contributed by atoms with Crippen molar-refractivity contribution in [1.29, 1.82) is 0 Å². The lowest BCUT2D eigenvalue weighted by atomic mass is 10.1. The van der Waals surface area contributed by atoms with Crippen molar-refractivity contribution in [2.24, 2.45) is 5.73 Å². The number of aliphatic hydroxyl groups excluding tert-OH is 1. The summed E-state index contributed by atoms with van der Waals surface area (Å²) in [5.41, 5.74) is 6.51. The molecule has 0 aliphatic heterocycles. The van der Waals surface area contributed by atoms with Crippen LogP contribution in [0.1, 0.15) is 11.6 Å². The van der Waals surface area contributed by atoms with E-state index in [4.69, 9.17) is 46.3 Å². The number of benzene rings is 1. The van der Waals surface area contributed by atoms with Gasteiger partial charge in [0.15, 0.2) is 0 Å². The van der Waals surface area contributed by atoms with Gasteiger partial charge in [-0.25, -0.2) is 0 Å². The van der Waals surface area contributed by atoms with Gasteiger partial charge < -0.3 is 10.8 Å². The van der Waals surface area contributed by atoms with Gasteiger partial charge in [0.25, 0.3) is 0 Å². The molecule has 0 aliphatic carbocycles. The molecule has 0 saturated carbocycles. The van der Waals surface area contributed by atoms with E-state index < -0.39 is 0 Å². The van der Waals surface area contributed by atoms with Crippen LogP contribution in [0.3, 0.4) is 0 Å². The molecule has 3 nitrogen and oxygen atoms in total. The number of thiocarbonyl (C=S) groups is 1. The van der Waals surface area contributed by atoms with Crippen molar-refractivity contribution in [3.63, 3.8) is 0 Å². The molecule has 6 heteroatoms. The van der Waals surface area contributed by atoms with Gasteiger partial charge >= 0.3 is 0 Å². The monoisotopic (exact) mass is 292 g/mol. The van der Waals surface area contributed by atoms with Gasteiger partial charge in [0, 0.05) is 16.6 Å². The predicted octanol–water partition coefficient (Wildman–Crippen LogP) is 2.24. The highest BCUT2D eigenvalue weighted by Crippen LogP contribution is 2.29. The van der Waals surface area contributed by atoms with Gasteiger partial charge in [0.2, 0.25) is 0 Å². The van der Waals surface area contributed by atoms with E-state index in [1.165, 1.54) is 0 Å². The van der Waals surface area contributed by atoms with Gasteiger partial charge in [0.1, 0.15) is 0 Å². The Morgan fingerprint density at radius 1 is 1.53 bits per heavy atom. The zero-order valence-electron chi connectivity index (χ0n) is 9.36. The molecule has 0 amide bonds. The number of likely N-dealkylation sites (N-methyl/N-ethyl adjacent to an activating group) is 1. The Kier molecular flexibility index (Phi) is 5.62. The molecule has 0 spiro atoms. The highest BCUT2D eigenvalue weighted by Gasteiger charge is 2.22. The Labute approximate surface area is 116 Å². The van der Waals surface area contributed by atoms with Gasteiger partial charge in [-0.1, -0.05) is 41.5 Å². The first-order valence-electron chi connectivity index (χ1n) is 5.02. The molecule has 0 aliphatic rings. The molecule has 0 heterocycles. The third-order valence-corrected chi connectivity index (χ3v) is 3.21. The molecule has 1 atom stereocenters. The van der Waals surface area contributed by atoms with Crippen LogP contribution in [0.15, 0.2) is 18.2 Å². The summed E-state index contributed by atoms with van der Waals surface area (Å²) in [6, 6.07) is 4.88. The lowest BCUT2D eigenvalue weighted by molar-refractivity contribution is 0.207. The van der Waals surface area contributed by atoms with Crippen molar-refractivity contribution in [3.05, 3.63) is 33.8 Å². The Hall–Kier alpha value is -0.390. The van der Waals surface area contributed by atoms with Crippen molar-refractivity contribution >= 4 is 40.4 Å². The summed E-state index contributed by atoms with van der Waals surface area (Å²) in [5.74, 6) is 0. The first-order valence-corrected chi connectivity index (χ1v) is 6.19. The normalized spacial score (nSPS) is 12.8. The number of hydrogen-bond donors (Lipinski definition) is 2. The number of nitrogens with two attached hydrogens (primary N) is 1. The summed E-state index contributed by atoms with van der Waals surface area (Å²) in [4.78, 5) is 2.16. The average Bonchev–Trinajstić information content (AvgIpc) is 2.21. The molecule has 3 N–H and O–H groups in total. The zero-order chi connectivity index (χ0) is 13.0. The fraction of sp³-hybridized carbons (Fsp3) is 0.364. The molecule has 0 fully saturated rings. The maximum absolute atomic E-state index is 8.95. The van der Waals surface area contributed by atoms with Crippen molar-refractivity contribution in [2.45, 2.75) is 6.04 Å². The maximum Gasteiger partial charge on any atom is 0.0948 e. The quantitative estimate of drug-likeness (QED) is 0.818. The van der Waals surface area contributed by atoms with Crippen molar-refractivity contribution in [1.82, 2.24) is 4.90 Å². The van der Waals surface area contributed by atoms with Gasteiger partial charge in [0.05, 0.1) is 17.6 Å². The molecular formula is C11H14Cl2N2OS. The number of rotatable bonds is 5. The molecule has 94 valence electrons. The zero-order valence-corrected chi connectivity index (χ0v) is 11.7. The number of aliphatic hydroxyl groups is 1. The number of halogens is 2. The second-order valence-corrected chi connectivity index (χ2v) is 4.99. The minimum Gasteiger partial charge on any atom is -0.395 e. The standard InChI is InChI=1S/C11H14Cl2N2OS/c1-15(4-5-16)10(11(14)17)8-3-2-7(12)6-9(8)13/h2-3,6,10,16H,4-5H2,1H3,(H2,14,17). The lowest BCUT2D eigenvalue weighted by Gasteiger charge is -2.27. The highest BCUT2D eigenvalue weighted by molar-refractivity contribution is 7.80.